The van der Waals surface area contributed by atoms with Crippen molar-refractivity contribution < 1.29 is 27.0 Å². The van der Waals surface area contributed by atoms with Gasteiger partial charge in [-0.05, 0) is 32.1 Å². The van der Waals surface area contributed by atoms with Gasteiger partial charge >= 0.3 is 5.97 Å². The van der Waals surface area contributed by atoms with E-state index in [9.17, 15) is 4.79 Å². The number of hydrogen-bond donors (Lipinski definition) is 1. The van der Waals surface area contributed by atoms with E-state index in [4.69, 9.17) is 5.11 Å². The van der Waals surface area contributed by atoms with Crippen LogP contribution in [0.4, 0.5) is 0 Å². The fourth-order valence-corrected chi connectivity index (χ4v) is 2.35. The van der Waals surface area contributed by atoms with Gasteiger partial charge in [0.25, 0.3) is 0 Å². The predicted molar refractivity (Wildman–Crippen MR) is 87.1 cm³/mol. The molecule has 0 amide bonds. The van der Waals surface area contributed by atoms with E-state index < -0.39 is 5.97 Å². The Labute approximate surface area is 142 Å². The first-order valence-corrected chi connectivity index (χ1v) is 8.64. The second-order valence-corrected chi connectivity index (χ2v) is 5.73. The van der Waals surface area contributed by atoms with Crippen LogP contribution in [0.2, 0.25) is 0 Å². The van der Waals surface area contributed by atoms with Gasteiger partial charge in [0.1, 0.15) is 0 Å². The van der Waals surface area contributed by atoms with Crippen LogP contribution in [0.3, 0.4) is 0 Å². The Bertz CT molecular complexity index is 239. The van der Waals surface area contributed by atoms with Crippen molar-refractivity contribution in [2.45, 2.75) is 96.8 Å². The summed E-state index contributed by atoms with van der Waals surface area (Å²) in [6.07, 6.45) is 21.2. The van der Waals surface area contributed by atoms with Gasteiger partial charge in [0, 0.05) is 23.5 Å². The Morgan fingerprint density at radius 2 is 1.19 bits per heavy atom. The first kappa shape index (κ1) is 23.0. The van der Waals surface area contributed by atoms with Crippen molar-refractivity contribution in [3.05, 3.63) is 12.2 Å². The van der Waals surface area contributed by atoms with Crippen molar-refractivity contribution in [1.82, 2.24) is 0 Å². The van der Waals surface area contributed by atoms with Gasteiger partial charge in [-0.2, -0.15) is 0 Å². The Morgan fingerprint density at radius 1 is 0.762 bits per heavy atom. The number of unbranched alkanes of at least 4 members (excludes halogenated alkanes) is 11. The van der Waals surface area contributed by atoms with E-state index in [0.717, 1.165) is 12.8 Å². The van der Waals surface area contributed by atoms with Crippen molar-refractivity contribution in [3.8, 4) is 0 Å². The maximum atomic E-state index is 10.3. The van der Waals surface area contributed by atoms with Gasteiger partial charge < -0.3 is 5.11 Å². The Hall–Kier alpha value is -0.271. The topological polar surface area (TPSA) is 37.3 Å². The molecule has 3 heteroatoms. The van der Waals surface area contributed by atoms with E-state index in [2.05, 4.69) is 19.1 Å². The Kier molecular flexibility index (Phi) is 21.6. The standard InChI is InChI=1S/C18H34O2.Cu/c1-2-3-4-5-6-7-8-9-10-11-12-13-14-15-16-17-18(19)20;/h9-10H,2-8,11-17H2,1H3,(H,19,20);. The molecular weight excluding hydrogens is 312 g/mol. The third-order valence-corrected chi connectivity index (χ3v) is 3.65. The number of rotatable bonds is 15. The number of allylic oxidation sites excluding steroid dienone is 2. The predicted octanol–water partition coefficient (Wildman–Crippen LogP) is 6.11. The van der Waals surface area contributed by atoms with Crippen LogP contribution in [0.5, 0.6) is 0 Å². The number of hydrogen-bond acceptors (Lipinski definition) is 1. The first-order valence-electron chi connectivity index (χ1n) is 8.64. The molecule has 0 saturated heterocycles. The Balaban J connectivity index is 0. The van der Waals surface area contributed by atoms with Gasteiger partial charge in [-0.1, -0.05) is 70.4 Å². The summed E-state index contributed by atoms with van der Waals surface area (Å²) in [7, 11) is 0. The average Bonchev–Trinajstić information content (AvgIpc) is 2.43. The second-order valence-electron chi connectivity index (χ2n) is 5.73. The van der Waals surface area contributed by atoms with Crippen LogP contribution < -0.4 is 0 Å². The van der Waals surface area contributed by atoms with Crippen molar-refractivity contribution >= 4 is 5.97 Å². The van der Waals surface area contributed by atoms with Crippen LogP contribution in [0.15, 0.2) is 12.2 Å². The van der Waals surface area contributed by atoms with Gasteiger partial charge in [0.2, 0.25) is 0 Å². The largest absolute Gasteiger partial charge is 0.481 e. The molecular formula is C18H34CuO2. The second kappa shape index (κ2) is 19.7. The van der Waals surface area contributed by atoms with Crippen LogP contribution in [0.1, 0.15) is 96.8 Å². The molecule has 129 valence electrons. The summed E-state index contributed by atoms with van der Waals surface area (Å²) < 4.78 is 0. The molecule has 0 spiro atoms. The number of carboxylic acids is 1. The minimum atomic E-state index is -0.664. The molecule has 1 N–H and O–H groups in total. The van der Waals surface area contributed by atoms with Crippen LogP contribution in [0, 0.1) is 0 Å². The zero-order valence-corrected chi connectivity index (χ0v) is 14.7. The van der Waals surface area contributed by atoms with Gasteiger partial charge in [-0.15, -0.1) is 0 Å². The fraction of sp³-hybridized carbons (Fsp3) is 0.833. The fourth-order valence-electron chi connectivity index (χ4n) is 2.35. The van der Waals surface area contributed by atoms with Crippen LogP contribution in [-0.2, 0) is 21.9 Å². The molecule has 0 unspecified atom stereocenters. The average molecular weight is 346 g/mol. The number of carbonyl (C=O) groups is 1. The summed E-state index contributed by atoms with van der Waals surface area (Å²) in [6.45, 7) is 2.26. The van der Waals surface area contributed by atoms with Gasteiger partial charge in [0.15, 0.2) is 0 Å². The summed E-state index contributed by atoms with van der Waals surface area (Å²) in [6, 6.07) is 0. The van der Waals surface area contributed by atoms with E-state index in [-0.39, 0.29) is 17.1 Å². The molecule has 0 aliphatic rings. The quantitative estimate of drug-likeness (QED) is 0.221. The van der Waals surface area contributed by atoms with E-state index in [1.165, 1.54) is 70.6 Å². The minimum Gasteiger partial charge on any atom is -0.481 e. The minimum absolute atomic E-state index is 0. The third-order valence-electron chi connectivity index (χ3n) is 3.65. The molecule has 0 aromatic rings. The number of aliphatic carboxylic acids is 1. The zero-order chi connectivity index (χ0) is 14.9. The zero-order valence-electron chi connectivity index (χ0n) is 13.7. The first-order chi connectivity index (χ1) is 9.77. The van der Waals surface area contributed by atoms with E-state index in [0.29, 0.717) is 6.42 Å². The summed E-state index contributed by atoms with van der Waals surface area (Å²) in [5.41, 5.74) is 0. The molecule has 0 rings (SSSR count). The van der Waals surface area contributed by atoms with E-state index in [1.54, 1.807) is 0 Å². The van der Waals surface area contributed by atoms with Crippen molar-refractivity contribution in [2.75, 3.05) is 0 Å². The van der Waals surface area contributed by atoms with Crippen molar-refractivity contribution in [1.29, 1.82) is 0 Å². The molecule has 0 heterocycles. The summed E-state index contributed by atoms with van der Waals surface area (Å²) in [5.74, 6) is -0.664. The molecule has 0 atom stereocenters. The van der Waals surface area contributed by atoms with E-state index >= 15 is 0 Å². The summed E-state index contributed by atoms with van der Waals surface area (Å²) in [4.78, 5) is 10.3. The van der Waals surface area contributed by atoms with Gasteiger partial charge in [-0.25, -0.2) is 0 Å². The maximum Gasteiger partial charge on any atom is 0.303 e. The normalized spacial score (nSPS) is 10.7. The van der Waals surface area contributed by atoms with Crippen molar-refractivity contribution in [2.24, 2.45) is 0 Å². The number of carboxylic acid groups (broad SMARTS) is 1. The van der Waals surface area contributed by atoms with Gasteiger partial charge in [0.05, 0.1) is 0 Å². The molecule has 1 radical (unpaired) electrons. The van der Waals surface area contributed by atoms with Crippen LogP contribution in [-0.4, -0.2) is 11.1 Å². The third kappa shape index (κ3) is 22.2. The molecule has 0 aromatic heterocycles. The molecule has 0 aliphatic heterocycles. The van der Waals surface area contributed by atoms with Crippen LogP contribution in [0.25, 0.3) is 0 Å². The SMILES string of the molecule is CCCCCCCCC=CCCCCCCCC(=O)O.[Cu]. The molecule has 0 bridgehead atoms. The molecule has 0 aromatic carbocycles. The monoisotopic (exact) mass is 345 g/mol. The molecule has 2 nitrogen and oxygen atoms in total. The molecule has 0 fully saturated rings. The smallest absolute Gasteiger partial charge is 0.303 e. The van der Waals surface area contributed by atoms with Gasteiger partial charge in [-0.3, -0.25) is 4.79 Å². The van der Waals surface area contributed by atoms with Crippen molar-refractivity contribution in [3.63, 3.8) is 0 Å². The summed E-state index contributed by atoms with van der Waals surface area (Å²) in [5, 5.41) is 8.51. The molecule has 0 aliphatic carbocycles. The molecule has 21 heavy (non-hydrogen) atoms. The maximum absolute atomic E-state index is 10.3. The van der Waals surface area contributed by atoms with E-state index in [1.807, 2.05) is 0 Å². The summed E-state index contributed by atoms with van der Waals surface area (Å²) >= 11 is 0. The van der Waals surface area contributed by atoms with Crippen LogP contribution >= 0.6 is 0 Å². The Morgan fingerprint density at radius 3 is 1.67 bits per heavy atom. The molecule has 0 saturated carbocycles.